The Morgan fingerprint density at radius 1 is 1.10 bits per heavy atom. The van der Waals surface area contributed by atoms with Crippen molar-refractivity contribution < 1.29 is 4.74 Å². The fraction of sp³-hybridized carbons (Fsp3) is 0.412. The number of nitrogens with zero attached hydrogens (tertiary/aromatic N) is 2. The predicted octanol–water partition coefficient (Wildman–Crippen LogP) is 3.32. The lowest BCUT2D eigenvalue weighted by Gasteiger charge is -2.11. The Kier molecular flexibility index (Phi) is 3.02. The highest BCUT2D eigenvalue weighted by Gasteiger charge is 2.20. The number of anilines is 1. The standard InChI is InChI=1S/C17H19N3O/c18-16-10-14(11-3-1-2-4-11)19-17(20-16)13-5-6-15-12(9-13)7-8-21-15/h5-6,9-11H,1-4,7-8H2,(H2,18,19,20). The summed E-state index contributed by atoms with van der Waals surface area (Å²) in [6, 6.07) is 8.11. The maximum Gasteiger partial charge on any atom is 0.161 e. The summed E-state index contributed by atoms with van der Waals surface area (Å²) in [5.41, 5.74) is 9.37. The largest absolute Gasteiger partial charge is 0.493 e. The van der Waals surface area contributed by atoms with Gasteiger partial charge in [0.25, 0.3) is 0 Å². The Hall–Kier alpha value is -2.10. The van der Waals surface area contributed by atoms with Crippen molar-refractivity contribution in [2.45, 2.75) is 38.0 Å². The second-order valence-electron chi connectivity index (χ2n) is 5.94. The maximum absolute atomic E-state index is 6.00. The van der Waals surface area contributed by atoms with E-state index in [2.05, 4.69) is 11.1 Å². The van der Waals surface area contributed by atoms with Gasteiger partial charge in [-0.2, -0.15) is 0 Å². The van der Waals surface area contributed by atoms with E-state index in [1.54, 1.807) is 0 Å². The predicted molar refractivity (Wildman–Crippen MR) is 82.3 cm³/mol. The van der Waals surface area contributed by atoms with Gasteiger partial charge in [0.15, 0.2) is 5.82 Å². The van der Waals surface area contributed by atoms with Gasteiger partial charge in [-0.05, 0) is 36.6 Å². The zero-order valence-corrected chi connectivity index (χ0v) is 12.0. The molecular weight excluding hydrogens is 262 g/mol. The molecule has 1 aliphatic heterocycles. The Balaban J connectivity index is 1.74. The quantitative estimate of drug-likeness (QED) is 0.917. The van der Waals surface area contributed by atoms with Crippen LogP contribution in [0.25, 0.3) is 11.4 Å². The fourth-order valence-corrected chi connectivity index (χ4v) is 3.37. The summed E-state index contributed by atoms with van der Waals surface area (Å²) in [6.45, 7) is 0.768. The molecule has 2 N–H and O–H groups in total. The summed E-state index contributed by atoms with van der Waals surface area (Å²) in [5, 5.41) is 0. The third-order valence-corrected chi connectivity index (χ3v) is 4.49. The van der Waals surface area contributed by atoms with Crippen molar-refractivity contribution >= 4 is 5.82 Å². The number of rotatable bonds is 2. The van der Waals surface area contributed by atoms with Gasteiger partial charge < -0.3 is 10.5 Å². The van der Waals surface area contributed by atoms with Crippen LogP contribution in [0.5, 0.6) is 5.75 Å². The van der Waals surface area contributed by atoms with Gasteiger partial charge in [0, 0.05) is 29.7 Å². The van der Waals surface area contributed by atoms with Crippen molar-refractivity contribution in [2.24, 2.45) is 0 Å². The molecule has 1 aromatic carbocycles. The van der Waals surface area contributed by atoms with E-state index in [4.69, 9.17) is 15.5 Å². The number of fused-ring (bicyclic) bond motifs is 1. The van der Waals surface area contributed by atoms with Crippen LogP contribution >= 0.6 is 0 Å². The van der Waals surface area contributed by atoms with Crippen LogP contribution in [-0.2, 0) is 6.42 Å². The molecule has 0 atom stereocenters. The Labute approximate surface area is 124 Å². The van der Waals surface area contributed by atoms with E-state index >= 15 is 0 Å². The lowest BCUT2D eigenvalue weighted by atomic mass is 10.0. The second-order valence-corrected chi connectivity index (χ2v) is 5.94. The van der Waals surface area contributed by atoms with Crippen molar-refractivity contribution in [1.82, 2.24) is 9.97 Å². The van der Waals surface area contributed by atoms with Gasteiger partial charge in [-0.25, -0.2) is 9.97 Å². The molecule has 0 amide bonds. The molecule has 4 nitrogen and oxygen atoms in total. The molecular formula is C17H19N3O. The van der Waals surface area contributed by atoms with Crippen LogP contribution in [0.2, 0.25) is 0 Å². The molecule has 2 aliphatic rings. The van der Waals surface area contributed by atoms with Gasteiger partial charge in [0.05, 0.1) is 6.61 Å². The van der Waals surface area contributed by atoms with Gasteiger partial charge in [-0.1, -0.05) is 12.8 Å². The van der Waals surface area contributed by atoms with Crippen molar-refractivity contribution in [2.75, 3.05) is 12.3 Å². The molecule has 1 saturated carbocycles. The molecule has 0 unspecified atom stereocenters. The average Bonchev–Trinajstić information content (AvgIpc) is 3.17. The third kappa shape index (κ3) is 2.35. The van der Waals surface area contributed by atoms with Gasteiger partial charge >= 0.3 is 0 Å². The number of benzene rings is 1. The molecule has 4 rings (SSSR count). The Morgan fingerprint density at radius 2 is 1.95 bits per heavy atom. The van der Waals surface area contributed by atoms with E-state index in [1.807, 2.05) is 18.2 Å². The average molecular weight is 281 g/mol. The van der Waals surface area contributed by atoms with Crippen molar-refractivity contribution in [3.63, 3.8) is 0 Å². The minimum Gasteiger partial charge on any atom is -0.493 e. The van der Waals surface area contributed by atoms with Gasteiger partial charge in [-0.15, -0.1) is 0 Å². The molecule has 0 bridgehead atoms. The zero-order chi connectivity index (χ0) is 14.2. The number of hydrogen-bond donors (Lipinski definition) is 1. The highest BCUT2D eigenvalue weighted by Crippen LogP contribution is 2.35. The fourth-order valence-electron chi connectivity index (χ4n) is 3.37. The highest BCUT2D eigenvalue weighted by molar-refractivity contribution is 5.61. The molecule has 21 heavy (non-hydrogen) atoms. The normalized spacial score (nSPS) is 17.7. The molecule has 2 aromatic rings. The Bertz CT molecular complexity index is 678. The van der Waals surface area contributed by atoms with E-state index in [9.17, 15) is 0 Å². The molecule has 2 heterocycles. The van der Waals surface area contributed by atoms with Crippen LogP contribution in [0.1, 0.15) is 42.9 Å². The lowest BCUT2D eigenvalue weighted by Crippen LogP contribution is -2.03. The summed E-state index contributed by atoms with van der Waals surface area (Å²) < 4.78 is 5.55. The first kappa shape index (κ1) is 12.6. The molecule has 108 valence electrons. The van der Waals surface area contributed by atoms with Crippen molar-refractivity contribution in [1.29, 1.82) is 0 Å². The molecule has 0 spiro atoms. The first-order chi connectivity index (χ1) is 10.3. The SMILES string of the molecule is Nc1cc(C2CCCC2)nc(-c2ccc3c(c2)CCO3)n1. The van der Waals surface area contributed by atoms with Gasteiger partial charge in [0.2, 0.25) is 0 Å². The number of hydrogen-bond acceptors (Lipinski definition) is 4. The van der Waals surface area contributed by atoms with Gasteiger partial charge in [0.1, 0.15) is 11.6 Å². The molecule has 0 radical (unpaired) electrons. The van der Waals surface area contributed by atoms with Crippen LogP contribution in [0.3, 0.4) is 0 Å². The molecule has 4 heteroatoms. The first-order valence-electron chi connectivity index (χ1n) is 7.70. The van der Waals surface area contributed by atoms with Crippen LogP contribution in [0, 0.1) is 0 Å². The third-order valence-electron chi connectivity index (χ3n) is 4.49. The number of nitrogen functional groups attached to an aromatic ring is 1. The molecule has 1 fully saturated rings. The molecule has 1 aliphatic carbocycles. The first-order valence-corrected chi connectivity index (χ1v) is 7.70. The molecule has 0 saturated heterocycles. The van der Waals surface area contributed by atoms with E-state index in [1.165, 1.54) is 31.2 Å². The summed E-state index contributed by atoms with van der Waals surface area (Å²) in [7, 11) is 0. The van der Waals surface area contributed by atoms with Gasteiger partial charge in [-0.3, -0.25) is 0 Å². The second kappa shape index (κ2) is 5.02. The van der Waals surface area contributed by atoms with Crippen LogP contribution in [0.4, 0.5) is 5.82 Å². The van der Waals surface area contributed by atoms with E-state index in [0.29, 0.717) is 11.7 Å². The van der Waals surface area contributed by atoms with Crippen LogP contribution < -0.4 is 10.5 Å². The zero-order valence-electron chi connectivity index (χ0n) is 12.0. The van der Waals surface area contributed by atoms with Crippen molar-refractivity contribution in [3.8, 4) is 17.1 Å². The smallest absolute Gasteiger partial charge is 0.161 e. The highest BCUT2D eigenvalue weighted by atomic mass is 16.5. The lowest BCUT2D eigenvalue weighted by molar-refractivity contribution is 0.357. The minimum absolute atomic E-state index is 0.548. The number of aromatic nitrogens is 2. The topological polar surface area (TPSA) is 61.0 Å². The summed E-state index contributed by atoms with van der Waals surface area (Å²) >= 11 is 0. The van der Waals surface area contributed by atoms with E-state index in [-0.39, 0.29) is 0 Å². The van der Waals surface area contributed by atoms with Crippen LogP contribution in [0.15, 0.2) is 24.3 Å². The van der Waals surface area contributed by atoms with E-state index < -0.39 is 0 Å². The van der Waals surface area contributed by atoms with Crippen LogP contribution in [-0.4, -0.2) is 16.6 Å². The van der Waals surface area contributed by atoms with Crippen molar-refractivity contribution in [3.05, 3.63) is 35.5 Å². The number of ether oxygens (including phenoxy) is 1. The summed E-state index contributed by atoms with van der Waals surface area (Å²) in [4.78, 5) is 9.21. The monoisotopic (exact) mass is 281 g/mol. The maximum atomic E-state index is 6.00. The minimum atomic E-state index is 0.548. The Morgan fingerprint density at radius 3 is 2.81 bits per heavy atom. The molecule has 1 aromatic heterocycles. The van der Waals surface area contributed by atoms with E-state index in [0.717, 1.165) is 35.9 Å². The summed E-state index contributed by atoms with van der Waals surface area (Å²) in [5.74, 6) is 2.84. The number of nitrogens with two attached hydrogens (primary N) is 1. The summed E-state index contributed by atoms with van der Waals surface area (Å²) in [6.07, 6.45) is 5.98.